The summed E-state index contributed by atoms with van der Waals surface area (Å²) in [6.07, 6.45) is 0. The maximum absolute atomic E-state index is 2.54. The zero-order valence-corrected chi connectivity index (χ0v) is 17.1. The summed E-state index contributed by atoms with van der Waals surface area (Å²) in [5.74, 6) is 0. The first-order chi connectivity index (χ1) is 13.2. The van der Waals surface area contributed by atoms with E-state index in [0.717, 1.165) is 0 Å². The fourth-order valence-corrected chi connectivity index (χ4v) is 6.01. The first-order valence-corrected chi connectivity index (χ1v) is 10.4. The van der Waals surface area contributed by atoms with E-state index >= 15 is 0 Å². The molecule has 0 unspecified atom stereocenters. The molecule has 0 aromatic heterocycles. The Morgan fingerprint density at radius 1 is 0.556 bits per heavy atom. The van der Waals surface area contributed by atoms with Crippen molar-refractivity contribution < 1.29 is 0 Å². The van der Waals surface area contributed by atoms with E-state index in [9.17, 15) is 0 Å². The topological polar surface area (TPSA) is 0 Å². The minimum atomic E-state index is -0.202. The van der Waals surface area contributed by atoms with Gasteiger partial charge in [-0.3, -0.25) is 0 Å². The van der Waals surface area contributed by atoms with Gasteiger partial charge in [-0.1, -0.05) is 84.9 Å². The van der Waals surface area contributed by atoms with Crippen LogP contribution in [0.4, 0.5) is 0 Å². The number of fused-ring (bicyclic) bond motifs is 10. The molecule has 0 heterocycles. The highest BCUT2D eigenvalue weighted by atomic mass is 127. The monoisotopic (exact) mass is 456 g/mol. The summed E-state index contributed by atoms with van der Waals surface area (Å²) in [6.45, 7) is 2.21. The van der Waals surface area contributed by atoms with Gasteiger partial charge in [0.15, 0.2) is 0 Å². The second-order valence-corrected chi connectivity index (χ2v) is 8.58. The van der Waals surface area contributed by atoms with Crippen LogP contribution in [0.2, 0.25) is 0 Å². The van der Waals surface area contributed by atoms with Gasteiger partial charge < -0.3 is 0 Å². The standard InChI is InChI=1S/C26H17I/c1-16-14-15-23-24(25(16)27)19-10-4-7-13-22(19)26(23)20-11-5-2-8-17(20)18-9-3-6-12-21(18)26/h2-15H,1H3. The molecule has 2 aliphatic carbocycles. The summed E-state index contributed by atoms with van der Waals surface area (Å²) in [4.78, 5) is 0. The summed E-state index contributed by atoms with van der Waals surface area (Å²) >= 11 is 2.54. The second kappa shape index (κ2) is 5.32. The third-order valence-corrected chi connectivity index (χ3v) is 7.68. The minimum absolute atomic E-state index is 0.202. The van der Waals surface area contributed by atoms with E-state index in [1.165, 1.54) is 53.6 Å². The minimum Gasteiger partial charge on any atom is -0.0619 e. The van der Waals surface area contributed by atoms with Gasteiger partial charge >= 0.3 is 0 Å². The summed E-state index contributed by atoms with van der Waals surface area (Å²) in [5, 5.41) is 0. The van der Waals surface area contributed by atoms with Crippen LogP contribution in [0.25, 0.3) is 22.3 Å². The molecule has 1 spiro atoms. The third kappa shape index (κ3) is 1.74. The molecule has 0 nitrogen and oxygen atoms in total. The molecule has 0 fully saturated rings. The summed E-state index contributed by atoms with van der Waals surface area (Å²) in [5.41, 5.74) is 12.3. The van der Waals surface area contributed by atoms with Crippen LogP contribution in [0.1, 0.15) is 27.8 Å². The lowest BCUT2D eigenvalue weighted by molar-refractivity contribution is 0.793. The van der Waals surface area contributed by atoms with Crippen LogP contribution in [-0.4, -0.2) is 0 Å². The molecule has 0 saturated heterocycles. The average Bonchev–Trinajstić information content (AvgIpc) is 3.18. The number of benzene rings is 4. The molecule has 27 heavy (non-hydrogen) atoms. The van der Waals surface area contributed by atoms with Gasteiger partial charge in [0, 0.05) is 9.13 Å². The predicted octanol–water partition coefficient (Wildman–Crippen LogP) is 6.94. The van der Waals surface area contributed by atoms with E-state index in [2.05, 4.69) is 114 Å². The van der Waals surface area contributed by atoms with Crippen LogP contribution >= 0.6 is 22.6 Å². The molecule has 0 amide bonds. The molecule has 1 heteroatoms. The van der Waals surface area contributed by atoms with Gasteiger partial charge in [0.2, 0.25) is 0 Å². The van der Waals surface area contributed by atoms with E-state index in [4.69, 9.17) is 0 Å². The highest BCUT2D eigenvalue weighted by Crippen LogP contribution is 2.63. The molecule has 4 aromatic rings. The van der Waals surface area contributed by atoms with E-state index in [1.54, 1.807) is 0 Å². The van der Waals surface area contributed by atoms with Crippen molar-refractivity contribution in [1.29, 1.82) is 0 Å². The van der Waals surface area contributed by atoms with Crippen molar-refractivity contribution in [2.75, 3.05) is 0 Å². The molecule has 0 bridgehead atoms. The van der Waals surface area contributed by atoms with Gasteiger partial charge in [0.25, 0.3) is 0 Å². The van der Waals surface area contributed by atoms with E-state index in [1.807, 2.05) is 0 Å². The third-order valence-electron chi connectivity index (χ3n) is 6.29. The smallest absolute Gasteiger partial charge is 0.0619 e. The maximum atomic E-state index is 2.54. The van der Waals surface area contributed by atoms with Crippen LogP contribution in [-0.2, 0) is 5.41 Å². The molecule has 0 N–H and O–H groups in total. The van der Waals surface area contributed by atoms with Crippen molar-refractivity contribution in [1.82, 2.24) is 0 Å². The van der Waals surface area contributed by atoms with Gasteiger partial charge in [-0.25, -0.2) is 0 Å². The Hall–Kier alpha value is -2.39. The Morgan fingerprint density at radius 3 is 1.63 bits per heavy atom. The van der Waals surface area contributed by atoms with Gasteiger partial charge in [-0.15, -0.1) is 0 Å². The lowest BCUT2D eigenvalue weighted by Gasteiger charge is -2.30. The number of rotatable bonds is 0. The lowest BCUT2D eigenvalue weighted by Crippen LogP contribution is -2.25. The molecule has 0 saturated carbocycles. The van der Waals surface area contributed by atoms with Gasteiger partial charge in [0.1, 0.15) is 0 Å². The van der Waals surface area contributed by atoms with E-state index in [-0.39, 0.29) is 5.41 Å². The Kier molecular flexibility index (Phi) is 3.09. The molecule has 4 aromatic carbocycles. The van der Waals surface area contributed by atoms with E-state index < -0.39 is 0 Å². The van der Waals surface area contributed by atoms with Crippen LogP contribution in [0.15, 0.2) is 84.9 Å². The van der Waals surface area contributed by atoms with Crippen molar-refractivity contribution in [2.45, 2.75) is 12.3 Å². The molecule has 6 rings (SSSR count). The summed E-state index contributed by atoms with van der Waals surface area (Å²) in [7, 11) is 0. The SMILES string of the molecule is Cc1ccc2c(c1I)-c1ccccc1C21c2ccccc2-c2ccccc21. The second-order valence-electron chi connectivity index (χ2n) is 7.51. The Bertz CT molecular complexity index is 1200. The predicted molar refractivity (Wildman–Crippen MR) is 120 cm³/mol. The summed E-state index contributed by atoms with van der Waals surface area (Å²) < 4.78 is 1.37. The summed E-state index contributed by atoms with van der Waals surface area (Å²) in [6, 6.07) is 31.6. The Morgan fingerprint density at radius 2 is 1.04 bits per heavy atom. The number of hydrogen-bond donors (Lipinski definition) is 0. The fourth-order valence-electron chi connectivity index (χ4n) is 5.24. The van der Waals surface area contributed by atoms with Crippen molar-refractivity contribution in [3.63, 3.8) is 0 Å². The number of aryl methyl sites for hydroxylation is 1. The largest absolute Gasteiger partial charge is 0.0725 e. The van der Waals surface area contributed by atoms with Crippen LogP contribution < -0.4 is 0 Å². The highest BCUT2D eigenvalue weighted by molar-refractivity contribution is 14.1. The molecule has 128 valence electrons. The van der Waals surface area contributed by atoms with Crippen molar-refractivity contribution in [3.05, 3.63) is 116 Å². The average molecular weight is 456 g/mol. The van der Waals surface area contributed by atoms with Crippen LogP contribution in [0.5, 0.6) is 0 Å². The van der Waals surface area contributed by atoms with Crippen molar-refractivity contribution in [2.24, 2.45) is 0 Å². The van der Waals surface area contributed by atoms with Gasteiger partial charge in [-0.2, -0.15) is 0 Å². The van der Waals surface area contributed by atoms with Crippen LogP contribution in [0.3, 0.4) is 0 Å². The Labute approximate surface area is 173 Å². The molecule has 2 aliphatic rings. The van der Waals surface area contributed by atoms with Gasteiger partial charge in [0.05, 0.1) is 5.41 Å². The molecule has 0 atom stereocenters. The van der Waals surface area contributed by atoms with E-state index in [0.29, 0.717) is 0 Å². The molecular weight excluding hydrogens is 439 g/mol. The molecular formula is C26H17I. The highest BCUT2D eigenvalue weighted by Gasteiger charge is 2.51. The van der Waals surface area contributed by atoms with Crippen molar-refractivity contribution >= 4 is 22.6 Å². The molecule has 0 aliphatic heterocycles. The Balaban J connectivity index is 1.89. The van der Waals surface area contributed by atoms with Crippen LogP contribution in [0, 0.1) is 10.5 Å². The number of hydrogen-bond acceptors (Lipinski definition) is 0. The first-order valence-electron chi connectivity index (χ1n) is 9.33. The number of halogens is 1. The van der Waals surface area contributed by atoms with Gasteiger partial charge in [-0.05, 0) is 74.0 Å². The zero-order chi connectivity index (χ0) is 18.2. The molecule has 0 radical (unpaired) electrons. The maximum Gasteiger partial charge on any atom is 0.0725 e. The lowest BCUT2D eigenvalue weighted by atomic mass is 9.70. The fraction of sp³-hybridized carbons (Fsp3) is 0.0769. The first kappa shape index (κ1) is 15.6. The zero-order valence-electron chi connectivity index (χ0n) is 15.0. The quantitative estimate of drug-likeness (QED) is 0.217. The normalized spacial score (nSPS) is 14.6. The van der Waals surface area contributed by atoms with Crippen molar-refractivity contribution in [3.8, 4) is 22.3 Å².